The zero-order valence-corrected chi connectivity index (χ0v) is 56.9. The molecule has 16 rings (SSSR count). The SMILES string of the molecule is CC(C)(C)c1ccc2c3ccc(C(C)(C)CCC(C)(C)c4ccc5c(c4)c4ccccc4n5-c4ccc(-c5nc(-c6ccccc6)nc(-c6ccccc6)n5)c(-c5ccccc5F)c4)cc3n(-c3ccc(-c4nc(-c5ccccc5)nc(-c5ccccc5)n4)c(-c4ccccc4F)c3)c2c1. The van der Waals surface area contributed by atoms with Crippen LogP contribution in [0.15, 0.2) is 285 Å². The summed E-state index contributed by atoms with van der Waals surface area (Å²) in [7, 11) is 0. The fourth-order valence-electron chi connectivity index (χ4n) is 14.2. The van der Waals surface area contributed by atoms with Crippen molar-refractivity contribution in [2.75, 3.05) is 0 Å². The van der Waals surface area contributed by atoms with E-state index in [9.17, 15) is 0 Å². The van der Waals surface area contributed by atoms with Crippen LogP contribution in [0.5, 0.6) is 0 Å². The van der Waals surface area contributed by atoms with Gasteiger partial charge in [0.2, 0.25) is 0 Å². The summed E-state index contributed by atoms with van der Waals surface area (Å²) in [5, 5.41) is 4.53. The molecule has 0 radical (unpaired) electrons. The third-order valence-electron chi connectivity index (χ3n) is 20.0. The van der Waals surface area contributed by atoms with E-state index in [1.807, 2.05) is 152 Å². The fraction of sp³-hybridized carbons (Fsp3) is 0.133. The second-order valence-electron chi connectivity index (χ2n) is 28.4. The van der Waals surface area contributed by atoms with Gasteiger partial charge in [-0.3, -0.25) is 0 Å². The Morgan fingerprint density at radius 2 is 0.600 bits per heavy atom. The average molecular weight is 1300 g/mol. The first kappa shape index (κ1) is 62.9. The molecule has 0 N–H and O–H groups in total. The van der Waals surface area contributed by atoms with Gasteiger partial charge in [-0.25, -0.2) is 38.7 Å². The van der Waals surface area contributed by atoms with Crippen molar-refractivity contribution in [2.24, 2.45) is 0 Å². The molecule has 0 aliphatic heterocycles. The van der Waals surface area contributed by atoms with E-state index in [1.54, 1.807) is 12.1 Å². The molecular weight excluding hydrogens is 1230 g/mol. The van der Waals surface area contributed by atoms with Gasteiger partial charge in [-0.05, 0) is 136 Å². The van der Waals surface area contributed by atoms with Gasteiger partial charge in [-0.15, -0.1) is 0 Å². The molecule has 0 unspecified atom stereocenters. The molecule has 4 heterocycles. The molecule has 0 aliphatic rings. The Labute approximate surface area is 581 Å². The molecule has 100 heavy (non-hydrogen) atoms. The Balaban J connectivity index is 0.767. The van der Waals surface area contributed by atoms with Crippen molar-refractivity contribution < 1.29 is 8.78 Å². The molecule has 4 aromatic heterocycles. The molecule has 0 spiro atoms. The van der Waals surface area contributed by atoms with Gasteiger partial charge in [-0.2, -0.15) is 0 Å². The van der Waals surface area contributed by atoms with Crippen molar-refractivity contribution in [3.05, 3.63) is 313 Å². The molecule has 16 aromatic rings. The monoisotopic (exact) mass is 1300 g/mol. The van der Waals surface area contributed by atoms with Crippen molar-refractivity contribution in [3.8, 4) is 102 Å². The lowest BCUT2D eigenvalue weighted by Gasteiger charge is -2.32. The predicted octanol–water partition coefficient (Wildman–Crippen LogP) is 23.2. The van der Waals surface area contributed by atoms with Crippen molar-refractivity contribution in [1.29, 1.82) is 0 Å². The number of hydrogen-bond acceptors (Lipinski definition) is 6. The molecule has 0 amide bonds. The lowest BCUT2D eigenvalue weighted by Crippen LogP contribution is -2.24. The van der Waals surface area contributed by atoms with E-state index in [0.717, 1.165) is 90.1 Å². The predicted molar refractivity (Wildman–Crippen MR) is 406 cm³/mol. The fourth-order valence-corrected chi connectivity index (χ4v) is 14.2. The average Bonchev–Trinajstić information content (AvgIpc) is 1.31. The summed E-state index contributed by atoms with van der Waals surface area (Å²) in [6.45, 7) is 16.2. The van der Waals surface area contributed by atoms with Gasteiger partial charge in [-0.1, -0.05) is 255 Å². The van der Waals surface area contributed by atoms with Crippen molar-refractivity contribution in [2.45, 2.75) is 77.6 Å². The van der Waals surface area contributed by atoms with Crippen LogP contribution in [0.25, 0.3) is 146 Å². The number of hydrogen-bond donors (Lipinski definition) is 0. The van der Waals surface area contributed by atoms with E-state index >= 15 is 8.78 Å². The number of fused-ring (bicyclic) bond motifs is 6. The first-order chi connectivity index (χ1) is 48.5. The zero-order chi connectivity index (χ0) is 68.4. The third kappa shape index (κ3) is 11.7. The van der Waals surface area contributed by atoms with E-state index in [2.05, 4.69) is 167 Å². The van der Waals surface area contributed by atoms with E-state index < -0.39 is 0 Å². The van der Waals surface area contributed by atoms with Crippen LogP contribution in [0.3, 0.4) is 0 Å². The van der Waals surface area contributed by atoms with Crippen molar-refractivity contribution in [1.82, 2.24) is 39.0 Å². The van der Waals surface area contributed by atoms with Gasteiger partial charge >= 0.3 is 0 Å². The molecule has 0 saturated carbocycles. The lowest BCUT2D eigenvalue weighted by molar-refractivity contribution is 0.375. The molecule has 0 saturated heterocycles. The lowest BCUT2D eigenvalue weighted by atomic mass is 9.72. The standard InChI is InChI=1S/C90H72F2N8/c1-88(2,3)61-40-45-69-70-46-41-63(54-81(70)100(80(69)53-61)65-44-48-72(74(56-65)67-35-21-24-38-77(67)92)87-97-84(59-30-16-10-17-31-59)94-85(98-87)60-32-18-11-19-33-60)90(6,7)51-50-89(4,5)62-42-49-79-75(52-62)68-36-22-25-39-78(68)99(79)64-43-47-71(73(55-64)66-34-20-23-37-76(66)91)86-95-82(57-26-12-8-13-27-57)93-83(96-86)58-28-14-9-15-29-58/h8-49,52-56H,50-51H2,1-7H3. The van der Waals surface area contributed by atoms with Gasteiger partial charge < -0.3 is 9.13 Å². The van der Waals surface area contributed by atoms with Crippen molar-refractivity contribution >= 4 is 43.6 Å². The largest absolute Gasteiger partial charge is 0.309 e. The third-order valence-corrected chi connectivity index (χ3v) is 20.0. The van der Waals surface area contributed by atoms with Gasteiger partial charge in [0.1, 0.15) is 11.6 Å². The van der Waals surface area contributed by atoms with Crippen LogP contribution < -0.4 is 0 Å². The zero-order valence-electron chi connectivity index (χ0n) is 56.9. The highest BCUT2D eigenvalue weighted by molar-refractivity contribution is 6.11. The molecule has 12 aromatic carbocycles. The van der Waals surface area contributed by atoms with E-state index in [-0.39, 0.29) is 27.9 Å². The molecule has 0 fully saturated rings. The molecule has 10 heteroatoms. The Morgan fingerprint density at radius 1 is 0.260 bits per heavy atom. The van der Waals surface area contributed by atoms with E-state index in [1.165, 1.54) is 28.8 Å². The smallest absolute Gasteiger partial charge is 0.164 e. The number of halogens is 2. The van der Waals surface area contributed by atoms with Gasteiger partial charge in [0.15, 0.2) is 34.9 Å². The Morgan fingerprint density at radius 3 is 1.04 bits per heavy atom. The molecular formula is C90H72F2N8. The van der Waals surface area contributed by atoms with Crippen LogP contribution in [0.2, 0.25) is 0 Å². The number of rotatable bonds is 15. The molecule has 8 nitrogen and oxygen atoms in total. The summed E-state index contributed by atoms with van der Waals surface area (Å²) in [4.78, 5) is 30.5. The summed E-state index contributed by atoms with van der Waals surface area (Å²) in [6, 6.07) is 95.4. The summed E-state index contributed by atoms with van der Waals surface area (Å²) in [5.41, 5.74) is 16.0. The van der Waals surface area contributed by atoms with Crippen LogP contribution in [-0.4, -0.2) is 39.0 Å². The summed E-state index contributed by atoms with van der Waals surface area (Å²) in [6.07, 6.45) is 1.78. The number of para-hydroxylation sites is 1. The highest BCUT2D eigenvalue weighted by Gasteiger charge is 2.31. The van der Waals surface area contributed by atoms with Crippen LogP contribution in [0, 0.1) is 11.6 Å². The Bertz CT molecular complexity index is 5680. The van der Waals surface area contributed by atoms with Gasteiger partial charge in [0.25, 0.3) is 0 Å². The summed E-state index contributed by atoms with van der Waals surface area (Å²) >= 11 is 0. The van der Waals surface area contributed by atoms with E-state index in [0.29, 0.717) is 68.3 Å². The molecule has 486 valence electrons. The number of nitrogens with zero attached hydrogens (tertiary/aromatic N) is 8. The van der Waals surface area contributed by atoms with Crippen LogP contribution in [-0.2, 0) is 16.2 Å². The maximum atomic E-state index is 16.6. The van der Waals surface area contributed by atoms with Gasteiger partial charge in [0, 0.05) is 77.4 Å². The molecule has 0 bridgehead atoms. The normalized spacial score (nSPS) is 12.1. The first-order valence-corrected chi connectivity index (χ1v) is 34.2. The minimum Gasteiger partial charge on any atom is -0.309 e. The van der Waals surface area contributed by atoms with Crippen molar-refractivity contribution in [3.63, 3.8) is 0 Å². The van der Waals surface area contributed by atoms with Crippen LogP contribution >= 0.6 is 0 Å². The summed E-state index contributed by atoms with van der Waals surface area (Å²) in [5.74, 6) is 2.32. The quantitative estimate of drug-likeness (QED) is 0.102. The first-order valence-electron chi connectivity index (χ1n) is 34.2. The topological polar surface area (TPSA) is 87.2 Å². The number of benzene rings is 12. The maximum Gasteiger partial charge on any atom is 0.164 e. The molecule has 0 aliphatic carbocycles. The summed E-state index contributed by atoms with van der Waals surface area (Å²) < 4.78 is 37.7. The Hall–Kier alpha value is -11.9. The van der Waals surface area contributed by atoms with Gasteiger partial charge in [0.05, 0.1) is 22.1 Å². The van der Waals surface area contributed by atoms with Crippen LogP contribution in [0.4, 0.5) is 8.78 Å². The maximum absolute atomic E-state index is 16.6. The highest BCUT2D eigenvalue weighted by atomic mass is 19.1. The Kier molecular flexibility index (Phi) is 15.9. The van der Waals surface area contributed by atoms with Crippen LogP contribution in [0.1, 0.15) is 78.0 Å². The minimum atomic E-state index is -0.343. The number of aromatic nitrogens is 8. The van der Waals surface area contributed by atoms with E-state index in [4.69, 9.17) is 29.9 Å². The minimum absolute atomic E-state index is 0.133. The second-order valence-corrected chi connectivity index (χ2v) is 28.4. The second kappa shape index (κ2) is 25.2. The molecule has 0 atom stereocenters. The highest BCUT2D eigenvalue weighted by Crippen LogP contribution is 2.45.